The fourth-order valence-corrected chi connectivity index (χ4v) is 2.99. The lowest BCUT2D eigenvalue weighted by molar-refractivity contribution is 0.405. The van der Waals surface area contributed by atoms with Crippen molar-refractivity contribution in [2.75, 3.05) is 5.88 Å². The molecule has 0 spiro atoms. The van der Waals surface area contributed by atoms with Crippen LogP contribution >= 0.6 is 11.6 Å². The second kappa shape index (κ2) is 2.14. The van der Waals surface area contributed by atoms with Crippen molar-refractivity contribution < 1.29 is 0 Å². The molecule has 0 aromatic rings. The zero-order chi connectivity index (χ0) is 7.99. The van der Waals surface area contributed by atoms with Crippen LogP contribution in [-0.4, -0.2) is 5.88 Å². The highest BCUT2D eigenvalue weighted by Crippen LogP contribution is 2.70. The van der Waals surface area contributed by atoms with Crippen LogP contribution in [0.4, 0.5) is 0 Å². The third kappa shape index (κ3) is 0.747. The van der Waals surface area contributed by atoms with E-state index in [-0.39, 0.29) is 0 Å². The molecular formula is C9H17Cl. The Hall–Kier alpha value is 0.290. The van der Waals surface area contributed by atoms with Crippen molar-refractivity contribution in [3.05, 3.63) is 0 Å². The van der Waals surface area contributed by atoms with Gasteiger partial charge in [-0.05, 0) is 23.2 Å². The maximum absolute atomic E-state index is 5.85. The maximum Gasteiger partial charge on any atom is 0.0262 e. The summed E-state index contributed by atoms with van der Waals surface area (Å²) in [5.74, 6) is 1.57. The first kappa shape index (κ1) is 8.39. The van der Waals surface area contributed by atoms with Crippen molar-refractivity contribution in [3.8, 4) is 0 Å². The summed E-state index contributed by atoms with van der Waals surface area (Å²) in [7, 11) is 0. The quantitative estimate of drug-likeness (QED) is 0.544. The van der Waals surface area contributed by atoms with Crippen LogP contribution in [0.3, 0.4) is 0 Å². The van der Waals surface area contributed by atoms with Crippen molar-refractivity contribution in [1.29, 1.82) is 0 Å². The van der Waals surface area contributed by atoms with Gasteiger partial charge in [0.05, 0.1) is 0 Å². The molecule has 0 amide bonds. The topological polar surface area (TPSA) is 0 Å². The zero-order valence-corrected chi connectivity index (χ0v) is 8.13. The Morgan fingerprint density at radius 1 is 1.30 bits per heavy atom. The SMILES string of the molecule is CCC1(C)C(CCl)C1(C)C. The van der Waals surface area contributed by atoms with E-state index in [1.165, 1.54) is 6.42 Å². The molecule has 1 aliphatic carbocycles. The Kier molecular flexibility index (Phi) is 1.79. The normalized spacial score (nSPS) is 43.5. The van der Waals surface area contributed by atoms with Crippen LogP contribution in [0, 0.1) is 16.7 Å². The van der Waals surface area contributed by atoms with Gasteiger partial charge in [-0.3, -0.25) is 0 Å². The van der Waals surface area contributed by atoms with Crippen LogP contribution < -0.4 is 0 Å². The highest BCUT2D eigenvalue weighted by molar-refractivity contribution is 6.18. The summed E-state index contributed by atoms with van der Waals surface area (Å²) in [6, 6.07) is 0. The number of halogens is 1. The number of alkyl halides is 1. The first-order valence-electron chi connectivity index (χ1n) is 4.06. The van der Waals surface area contributed by atoms with E-state index in [4.69, 9.17) is 11.6 Å². The lowest BCUT2D eigenvalue weighted by Crippen LogP contribution is -2.00. The molecule has 0 nitrogen and oxygen atoms in total. The molecule has 2 atom stereocenters. The molecule has 0 saturated heterocycles. The van der Waals surface area contributed by atoms with Gasteiger partial charge in [0, 0.05) is 5.88 Å². The van der Waals surface area contributed by atoms with E-state index >= 15 is 0 Å². The van der Waals surface area contributed by atoms with E-state index in [1.807, 2.05) is 0 Å². The Labute approximate surface area is 69.0 Å². The van der Waals surface area contributed by atoms with E-state index in [0.29, 0.717) is 10.8 Å². The molecule has 1 heteroatoms. The molecule has 0 aliphatic heterocycles. The minimum absolute atomic E-state index is 0.490. The summed E-state index contributed by atoms with van der Waals surface area (Å²) < 4.78 is 0. The van der Waals surface area contributed by atoms with Gasteiger partial charge in [0.25, 0.3) is 0 Å². The van der Waals surface area contributed by atoms with Crippen LogP contribution in [0.2, 0.25) is 0 Å². The summed E-state index contributed by atoms with van der Waals surface area (Å²) >= 11 is 5.85. The van der Waals surface area contributed by atoms with E-state index in [1.54, 1.807) is 0 Å². The Bertz CT molecular complexity index is 140. The van der Waals surface area contributed by atoms with Gasteiger partial charge in [0.2, 0.25) is 0 Å². The average Bonchev–Trinajstić information content (AvgIpc) is 2.29. The van der Waals surface area contributed by atoms with E-state index in [2.05, 4.69) is 27.7 Å². The first-order valence-corrected chi connectivity index (χ1v) is 4.60. The van der Waals surface area contributed by atoms with E-state index in [9.17, 15) is 0 Å². The second-order valence-corrected chi connectivity index (χ2v) is 4.51. The molecular weight excluding hydrogens is 144 g/mol. The van der Waals surface area contributed by atoms with Gasteiger partial charge in [-0.15, -0.1) is 11.6 Å². The summed E-state index contributed by atoms with van der Waals surface area (Å²) in [6.07, 6.45) is 1.26. The molecule has 2 unspecified atom stereocenters. The van der Waals surface area contributed by atoms with Gasteiger partial charge >= 0.3 is 0 Å². The Balaban J connectivity index is 2.68. The molecule has 1 rings (SSSR count). The maximum atomic E-state index is 5.85. The van der Waals surface area contributed by atoms with Crippen LogP contribution in [0.25, 0.3) is 0 Å². The summed E-state index contributed by atoms with van der Waals surface area (Å²) in [5, 5.41) is 0. The molecule has 0 N–H and O–H groups in total. The molecule has 0 radical (unpaired) electrons. The third-order valence-corrected chi connectivity index (χ3v) is 4.23. The minimum atomic E-state index is 0.490. The highest BCUT2D eigenvalue weighted by Gasteiger charge is 2.65. The monoisotopic (exact) mass is 160 g/mol. The predicted molar refractivity (Wildman–Crippen MR) is 46.4 cm³/mol. The summed E-state index contributed by atoms with van der Waals surface area (Å²) in [4.78, 5) is 0. The largest absolute Gasteiger partial charge is 0.126 e. The van der Waals surface area contributed by atoms with Gasteiger partial charge in [-0.1, -0.05) is 27.7 Å². The van der Waals surface area contributed by atoms with Crippen LogP contribution in [-0.2, 0) is 0 Å². The van der Waals surface area contributed by atoms with Crippen molar-refractivity contribution in [3.63, 3.8) is 0 Å². The van der Waals surface area contributed by atoms with Crippen molar-refractivity contribution in [2.45, 2.75) is 34.1 Å². The van der Waals surface area contributed by atoms with Crippen molar-refractivity contribution in [1.82, 2.24) is 0 Å². The summed E-state index contributed by atoms with van der Waals surface area (Å²) in [5.41, 5.74) is 1.01. The van der Waals surface area contributed by atoms with Gasteiger partial charge in [0.15, 0.2) is 0 Å². The fourth-order valence-electron chi connectivity index (χ4n) is 2.26. The molecule has 1 saturated carbocycles. The van der Waals surface area contributed by atoms with Crippen LogP contribution in [0.5, 0.6) is 0 Å². The molecule has 0 heterocycles. The van der Waals surface area contributed by atoms with E-state index in [0.717, 1.165) is 11.8 Å². The highest BCUT2D eigenvalue weighted by atomic mass is 35.5. The lowest BCUT2D eigenvalue weighted by Gasteiger charge is -2.09. The minimum Gasteiger partial charge on any atom is -0.126 e. The lowest BCUT2D eigenvalue weighted by atomic mass is 9.96. The number of hydrogen-bond acceptors (Lipinski definition) is 0. The zero-order valence-electron chi connectivity index (χ0n) is 7.37. The third-order valence-electron chi connectivity index (χ3n) is 3.92. The first-order chi connectivity index (χ1) is 4.50. The van der Waals surface area contributed by atoms with E-state index < -0.39 is 0 Å². The average molecular weight is 161 g/mol. The smallest absolute Gasteiger partial charge is 0.0262 e. The van der Waals surface area contributed by atoms with Crippen molar-refractivity contribution >= 4 is 11.6 Å². The molecule has 0 bridgehead atoms. The molecule has 0 aromatic heterocycles. The van der Waals surface area contributed by atoms with Gasteiger partial charge in [-0.2, -0.15) is 0 Å². The van der Waals surface area contributed by atoms with Crippen LogP contribution in [0.1, 0.15) is 34.1 Å². The van der Waals surface area contributed by atoms with Gasteiger partial charge in [-0.25, -0.2) is 0 Å². The Morgan fingerprint density at radius 2 is 1.80 bits per heavy atom. The predicted octanol–water partition coefficient (Wildman–Crippen LogP) is 3.30. The fraction of sp³-hybridized carbons (Fsp3) is 1.00. The molecule has 10 heavy (non-hydrogen) atoms. The van der Waals surface area contributed by atoms with Gasteiger partial charge < -0.3 is 0 Å². The molecule has 60 valence electrons. The molecule has 1 fully saturated rings. The number of hydrogen-bond donors (Lipinski definition) is 0. The molecule has 0 aromatic carbocycles. The van der Waals surface area contributed by atoms with Crippen LogP contribution in [0.15, 0.2) is 0 Å². The summed E-state index contributed by atoms with van der Waals surface area (Å²) in [6.45, 7) is 9.25. The Morgan fingerprint density at radius 3 is 1.90 bits per heavy atom. The second-order valence-electron chi connectivity index (χ2n) is 4.20. The van der Waals surface area contributed by atoms with Crippen molar-refractivity contribution in [2.24, 2.45) is 16.7 Å². The number of rotatable bonds is 2. The standard InChI is InChI=1S/C9H17Cl/c1-5-9(4)7(6-10)8(9,2)3/h7H,5-6H2,1-4H3. The van der Waals surface area contributed by atoms with Gasteiger partial charge in [0.1, 0.15) is 0 Å². The molecule has 1 aliphatic rings.